The van der Waals surface area contributed by atoms with Gasteiger partial charge in [-0.1, -0.05) is 62.4 Å². The molecule has 160 valence electrons. The van der Waals surface area contributed by atoms with E-state index in [2.05, 4.69) is 10.6 Å². The minimum atomic E-state index is -1.35. The van der Waals surface area contributed by atoms with Crippen LogP contribution < -0.4 is 10.6 Å². The zero-order chi connectivity index (χ0) is 22.1. The molecule has 0 aliphatic rings. The van der Waals surface area contributed by atoms with Gasteiger partial charge in [-0.15, -0.1) is 0 Å². The number of amides is 2. The predicted molar refractivity (Wildman–Crippen MR) is 108 cm³/mol. The van der Waals surface area contributed by atoms with E-state index in [-0.39, 0.29) is 24.5 Å². The van der Waals surface area contributed by atoms with Crippen molar-refractivity contribution >= 4 is 18.0 Å². The van der Waals surface area contributed by atoms with Crippen LogP contribution in [0, 0.1) is 11.7 Å². The van der Waals surface area contributed by atoms with Crippen LogP contribution >= 0.6 is 0 Å². The fraction of sp³-hybridized carbons (Fsp3) is 0.318. The molecule has 7 nitrogen and oxygen atoms in total. The standard InChI is InChI=1S/C22H25FN2O5/c1-14(2)19(25-22(29)30-13-15-8-4-3-5-9-15)20(26)24-18(21(27)28)12-16-10-6-7-11-17(16)23/h3-11,14,18-19H,12-13H2,1-2H3,(H,24,26)(H,25,29)(H,27,28)/t18-,19+/m0/s1. The van der Waals surface area contributed by atoms with Gasteiger partial charge < -0.3 is 20.5 Å². The summed E-state index contributed by atoms with van der Waals surface area (Å²) in [4.78, 5) is 36.3. The summed E-state index contributed by atoms with van der Waals surface area (Å²) in [7, 11) is 0. The largest absolute Gasteiger partial charge is 0.480 e. The molecule has 2 rings (SSSR count). The number of halogens is 1. The number of hydrogen-bond acceptors (Lipinski definition) is 4. The average molecular weight is 416 g/mol. The quantitative estimate of drug-likeness (QED) is 0.583. The summed E-state index contributed by atoms with van der Waals surface area (Å²) in [6.45, 7) is 3.44. The van der Waals surface area contributed by atoms with Gasteiger partial charge in [0, 0.05) is 6.42 Å². The molecule has 0 saturated carbocycles. The van der Waals surface area contributed by atoms with Crippen LogP contribution in [0.5, 0.6) is 0 Å². The first-order valence-electron chi connectivity index (χ1n) is 9.51. The van der Waals surface area contributed by atoms with Crippen molar-refractivity contribution in [2.45, 2.75) is 39.0 Å². The number of nitrogens with one attached hydrogen (secondary N) is 2. The molecule has 2 atom stereocenters. The van der Waals surface area contributed by atoms with E-state index in [4.69, 9.17) is 4.74 Å². The molecule has 0 heterocycles. The van der Waals surface area contributed by atoms with Crippen LogP contribution in [0.15, 0.2) is 54.6 Å². The van der Waals surface area contributed by atoms with Crippen molar-refractivity contribution in [1.29, 1.82) is 0 Å². The van der Waals surface area contributed by atoms with Gasteiger partial charge in [-0.05, 0) is 23.1 Å². The molecule has 2 amide bonds. The van der Waals surface area contributed by atoms with Gasteiger partial charge in [-0.3, -0.25) is 4.79 Å². The monoisotopic (exact) mass is 416 g/mol. The van der Waals surface area contributed by atoms with Crippen molar-refractivity contribution in [3.05, 3.63) is 71.5 Å². The molecule has 30 heavy (non-hydrogen) atoms. The number of ether oxygens (including phenoxy) is 1. The first kappa shape index (κ1) is 22.9. The Balaban J connectivity index is 1.99. The Morgan fingerprint density at radius 2 is 1.63 bits per heavy atom. The number of carbonyl (C=O) groups is 3. The molecule has 0 unspecified atom stereocenters. The Hall–Kier alpha value is -3.42. The summed E-state index contributed by atoms with van der Waals surface area (Å²) in [5.74, 6) is -2.88. The highest BCUT2D eigenvalue weighted by molar-refractivity contribution is 5.89. The lowest BCUT2D eigenvalue weighted by atomic mass is 10.0. The van der Waals surface area contributed by atoms with Crippen molar-refractivity contribution in [2.24, 2.45) is 5.92 Å². The normalized spacial score (nSPS) is 12.7. The molecule has 0 aliphatic carbocycles. The zero-order valence-electron chi connectivity index (χ0n) is 16.8. The van der Waals surface area contributed by atoms with Gasteiger partial charge in [0.15, 0.2) is 0 Å². The second kappa shape index (κ2) is 10.9. The fourth-order valence-corrected chi connectivity index (χ4v) is 2.77. The number of carboxylic acid groups (broad SMARTS) is 1. The molecular weight excluding hydrogens is 391 g/mol. The highest BCUT2D eigenvalue weighted by Gasteiger charge is 2.29. The fourth-order valence-electron chi connectivity index (χ4n) is 2.77. The third-order valence-corrected chi connectivity index (χ3v) is 4.43. The number of benzene rings is 2. The van der Waals surface area contributed by atoms with Crippen LogP contribution in [0.1, 0.15) is 25.0 Å². The van der Waals surface area contributed by atoms with Gasteiger partial charge in [-0.2, -0.15) is 0 Å². The van der Waals surface area contributed by atoms with Gasteiger partial charge >= 0.3 is 12.1 Å². The Kier molecular flexibility index (Phi) is 8.34. The van der Waals surface area contributed by atoms with Crippen LogP contribution in [0.4, 0.5) is 9.18 Å². The van der Waals surface area contributed by atoms with Crippen LogP contribution in [0.2, 0.25) is 0 Å². The first-order valence-corrected chi connectivity index (χ1v) is 9.51. The Morgan fingerprint density at radius 1 is 1.00 bits per heavy atom. The maximum absolute atomic E-state index is 13.9. The number of carboxylic acids is 1. The highest BCUT2D eigenvalue weighted by Crippen LogP contribution is 2.11. The second-order valence-electron chi connectivity index (χ2n) is 7.12. The minimum absolute atomic E-state index is 0.0319. The van der Waals surface area contributed by atoms with Crippen molar-refractivity contribution < 1.29 is 28.6 Å². The van der Waals surface area contributed by atoms with E-state index in [9.17, 15) is 23.9 Å². The molecule has 0 radical (unpaired) electrons. The molecule has 0 aromatic heterocycles. The molecule has 8 heteroatoms. The first-order chi connectivity index (χ1) is 14.3. The van der Waals surface area contributed by atoms with E-state index >= 15 is 0 Å². The number of alkyl carbamates (subject to hydrolysis) is 1. The molecule has 0 aliphatic heterocycles. The highest BCUT2D eigenvalue weighted by atomic mass is 19.1. The van der Waals surface area contributed by atoms with Crippen LogP contribution in [-0.2, 0) is 27.4 Å². The number of carbonyl (C=O) groups excluding carboxylic acids is 2. The van der Waals surface area contributed by atoms with E-state index in [1.807, 2.05) is 18.2 Å². The van der Waals surface area contributed by atoms with E-state index in [0.717, 1.165) is 5.56 Å². The summed E-state index contributed by atoms with van der Waals surface area (Å²) in [6, 6.07) is 12.4. The third-order valence-electron chi connectivity index (χ3n) is 4.43. The SMILES string of the molecule is CC(C)[C@@H](NC(=O)OCc1ccccc1)C(=O)N[C@@H](Cc1ccccc1F)C(=O)O. The van der Waals surface area contributed by atoms with Gasteiger partial charge in [0.05, 0.1) is 0 Å². The van der Waals surface area contributed by atoms with E-state index in [0.29, 0.717) is 0 Å². The summed E-state index contributed by atoms with van der Waals surface area (Å²) in [5.41, 5.74) is 0.954. The van der Waals surface area contributed by atoms with Gasteiger partial charge in [-0.25, -0.2) is 14.0 Å². The Labute approximate surface area is 174 Å². The summed E-state index contributed by atoms with van der Waals surface area (Å²) < 4.78 is 19.0. The Bertz CT molecular complexity index is 873. The van der Waals surface area contributed by atoms with E-state index in [1.165, 1.54) is 18.2 Å². The molecule has 3 N–H and O–H groups in total. The minimum Gasteiger partial charge on any atom is -0.480 e. The molecule has 2 aromatic carbocycles. The molecule has 0 saturated heterocycles. The van der Waals surface area contributed by atoms with Gasteiger partial charge in [0.25, 0.3) is 0 Å². The van der Waals surface area contributed by atoms with Gasteiger partial charge in [0.1, 0.15) is 24.5 Å². The summed E-state index contributed by atoms with van der Waals surface area (Å²) >= 11 is 0. The third kappa shape index (κ3) is 6.88. The summed E-state index contributed by atoms with van der Waals surface area (Å²) in [5, 5.41) is 14.3. The molecule has 2 aromatic rings. The number of rotatable bonds is 9. The zero-order valence-corrected chi connectivity index (χ0v) is 16.8. The average Bonchev–Trinajstić information content (AvgIpc) is 2.71. The van der Waals surface area contributed by atoms with E-state index < -0.39 is 35.9 Å². The van der Waals surface area contributed by atoms with Crippen LogP contribution in [0.25, 0.3) is 0 Å². The summed E-state index contributed by atoms with van der Waals surface area (Å²) in [6.07, 6.45) is -1.02. The number of hydrogen-bond donors (Lipinski definition) is 3. The predicted octanol–water partition coefficient (Wildman–Crippen LogP) is 2.89. The van der Waals surface area contributed by atoms with Crippen LogP contribution in [0.3, 0.4) is 0 Å². The van der Waals surface area contributed by atoms with Crippen molar-refractivity contribution in [1.82, 2.24) is 10.6 Å². The van der Waals surface area contributed by atoms with Crippen molar-refractivity contribution in [3.63, 3.8) is 0 Å². The van der Waals surface area contributed by atoms with E-state index in [1.54, 1.807) is 32.0 Å². The van der Waals surface area contributed by atoms with Crippen LogP contribution in [-0.4, -0.2) is 35.2 Å². The molecular formula is C22H25FN2O5. The van der Waals surface area contributed by atoms with Crippen molar-refractivity contribution in [3.8, 4) is 0 Å². The lowest BCUT2D eigenvalue weighted by Crippen LogP contribution is -2.54. The molecule has 0 fully saturated rings. The second-order valence-corrected chi connectivity index (χ2v) is 7.12. The number of aliphatic carboxylic acids is 1. The van der Waals surface area contributed by atoms with Crippen molar-refractivity contribution in [2.75, 3.05) is 0 Å². The van der Waals surface area contributed by atoms with Gasteiger partial charge in [0.2, 0.25) is 5.91 Å². The lowest BCUT2D eigenvalue weighted by Gasteiger charge is -2.24. The maximum atomic E-state index is 13.9. The smallest absolute Gasteiger partial charge is 0.408 e. The topological polar surface area (TPSA) is 105 Å². The Morgan fingerprint density at radius 3 is 2.23 bits per heavy atom. The molecule has 0 bridgehead atoms. The lowest BCUT2D eigenvalue weighted by molar-refractivity contribution is -0.142. The molecule has 0 spiro atoms. The maximum Gasteiger partial charge on any atom is 0.408 e.